The van der Waals surface area contributed by atoms with Gasteiger partial charge in [-0.3, -0.25) is 0 Å². The van der Waals surface area contributed by atoms with Crippen molar-refractivity contribution < 1.29 is 14.6 Å². The number of morpholine rings is 1. The number of hydrazone groups is 1. The number of nitrogens with two attached hydrogens (primary N) is 1. The maximum Gasteiger partial charge on any atom is 0.319 e. The van der Waals surface area contributed by atoms with Gasteiger partial charge in [0.2, 0.25) is 0 Å². The van der Waals surface area contributed by atoms with Crippen LogP contribution in [-0.2, 0) is 4.74 Å². The molecule has 1 fully saturated rings. The molecule has 4 rings (SSSR count). The van der Waals surface area contributed by atoms with Crippen molar-refractivity contribution in [2.75, 3.05) is 37.8 Å². The lowest BCUT2D eigenvalue weighted by Crippen LogP contribution is -2.37. The van der Waals surface area contributed by atoms with Gasteiger partial charge >= 0.3 is 6.01 Å². The minimum atomic E-state index is -1.02. The average molecular weight is 439 g/mol. The van der Waals surface area contributed by atoms with E-state index in [4.69, 9.17) is 15.3 Å². The summed E-state index contributed by atoms with van der Waals surface area (Å²) in [5.41, 5.74) is 4.30. The number of anilines is 1. The van der Waals surface area contributed by atoms with Crippen LogP contribution in [0.15, 0.2) is 29.4 Å². The second-order valence-electron chi connectivity index (χ2n) is 8.71. The lowest BCUT2D eigenvalue weighted by Gasteiger charge is -2.28. The fraction of sp³-hybridized carbons (Fsp3) is 0.435. The standard InChI is InChI=1S/C23H30N6O3/c1-14-15(2)25-18-6-5-16(11-17(14)18)21(28-24)19-12-20(29-7-9-31-10-8-29)27-22(26-19)32-13-23(3,4)30/h5-6,11-12,25,30H,7-10,13,24H2,1-4H3. The van der Waals surface area contributed by atoms with Crippen LogP contribution in [0.25, 0.3) is 10.9 Å². The van der Waals surface area contributed by atoms with Gasteiger partial charge in [-0.25, -0.2) is 0 Å². The molecule has 9 nitrogen and oxygen atoms in total. The summed E-state index contributed by atoms with van der Waals surface area (Å²) >= 11 is 0. The van der Waals surface area contributed by atoms with Crippen LogP contribution < -0.4 is 15.5 Å². The molecule has 9 heteroatoms. The maximum absolute atomic E-state index is 10.1. The van der Waals surface area contributed by atoms with Gasteiger partial charge in [0.1, 0.15) is 23.8 Å². The van der Waals surface area contributed by atoms with Crippen LogP contribution >= 0.6 is 0 Å². The molecule has 0 aliphatic carbocycles. The largest absolute Gasteiger partial charge is 0.460 e. The summed E-state index contributed by atoms with van der Waals surface area (Å²) in [5.74, 6) is 6.56. The third kappa shape index (κ3) is 4.68. The number of aliphatic hydroxyl groups is 1. The van der Waals surface area contributed by atoms with Crippen LogP contribution in [-0.4, -0.2) is 64.3 Å². The van der Waals surface area contributed by atoms with Crippen molar-refractivity contribution in [3.63, 3.8) is 0 Å². The zero-order valence-electron chi connectivity index (χ0n) is 19.0. The topological polar surface area (TPSA) is 122 Å². The molecule has 0 unspecified atom stereocenters. The molecule has 1 aromatic carbocycles. The molecule has 1 saturated heterocycles. The van der Waals surface area contributed by atoms with Gasteiger partial charge in [-0.05, 0) is 45.4 Å². The fourth-order valence-corrected chi connectivity index (χ4v) is 3.69. The minimum Gasteiger partial charge on any atom is -0.460 e. The summed E-state index contributed by atoms with van der Waals surface area (Å²) in [6.45, 7) is 10.2. The number of rotatable bonds is 6. The first-order valence-electron chi connectivity index (χ1n) is 10.7. The van der Waals surface area contributed by atoms with Crippen LogP contribution in [0.2, 0.25) is 0 Å². The van der Waals surface area contributed by atoms with Gasteiger partial charge in [-0.15, -0.1) is 0 Å². The van der Waals surface area contributed by atoms with Crippen LogP contribution in [0.1, 0.15) is 36.4 Å². The van der Waals surface area contributed by atoms with Gasteiger partial charge in [0.15, 0.2) is 0 Å². The van der Waals surface area contributed by atoms with E-state index in [2.05, 4.69) is 44.9 Å². The number of hydrogen-bond donors (Lipinski definition) is 3. The molecule has 32 heavy (non-hydrogen) atoms. The third-order valence-corrected chi connectivity index (χ3v) is 5.54. The first-order chi connectivity index (χ1) is 15.2. The number of hydrogen-bond acceptors (Lipinski definition) is 8. The molecule has 170 valence electrons. The molecular formula is C23H30N6O3. The van der Waals surface area contributed by atoms with E-state index < -0.39 is 5.60 Å². The van der Waals surface area contributed by atoms with E-state index in [1.165, 1.54) is 5.56 Å². The quantitative estimate of drug-likeness (QED) is 0.307. The first-order valence-corrected chi connectivity index (χ1v) is 10.7. The number of aromatic amines is 1. The van der Waals surface area contributed by atoms with Crippen molar-refractivity contribution in [3.8, 4) is 6.01 Å². The molecule has 3 aromatic rings. The number of H-pyrrole nitrogens is 1. The molecule has 0 amide bonds. The van der Waals surface area contributed by atoms with E-state index in [1.54, 1.807) is 13.8 Å². The van der Waals surface area contributed by atoms with E-state index in [1.807, 2.05) is 18.2 Å². The molecule has 1 aliphatic heterocycles. The Morgan fingerprint density at radius 2 is 2.00 bits per heavy atom. The summed E-state index contributed by atoms with van der Waals surface area (Å²) < 4.78 is 11.2. The first kappa shape index (κ1) is 22.0. The van der Waals surface area contributed by atoms with Gasteiger partial charge < -0.3 is 30.3 Å². The van der Waals surface area contributed by atoms with Crippen LogP contribution in [0.4, 0.5) is 5.82 Å². The highest BCUT2D eigenvalue weighted by Gasteiger charge is 2.21. The van der Waals surface area contributed by atoms with E-state index in [0.717, 1.165) is 22.2 Å². The SMILES string of the molecule is Cc1[nH]c2ccc(C(=NN)c3cc(N4CCOCC4)nc(OCC(C)(C)O)n3)cc2c1C. The monoisotopic (exact) mass is 438 g/mol. The maximum atomic E-state index is 10.1. The summed E-state index contributed by atoms with van der Waals surface area (Å²) in [6, 6.07) is 8.09. The van der Waals surface area contributed by atoms with Crippen LogP contribution in [0.5, 0.6) is 6.01 Å². The summed E-state index contributed by atoms with van der Waals surface area (Å²) in [5, 5.41) is 15.3. The summed E-state index contributed by atoms with van der Waals surface area (Å²) in [7, 11) is 0. The van der Waals surface area contributed by atoms with Gasteiger partial charge in [-0.1, -0.05) is 6.07 Å². The molecule has 1 aliphatic rings. The molecule has 0 radical (unpaired) electrons. The van der Waals surface area contributed by atoms with E-state index in [-0.39, 0.29) is 12.6 Å². The Balaban J connectivity index is 1.76. The zero-order chi connectivity index (χ0) is 22.9. The third-order valence-electron chi connectivity index (χ3n) is 5.54. The normalized spacial score (nSPS) is 15.4. The van der Waals surface area contributed by atoms with Crippen molar-refractivity contribution in [1.82, 2.24) is 15.0 Å². The highest BCUT2D eigenvalue weighted by Crippen LogP contribution is 2.25. The zero-order valence-corrected chi connectivity index (χ0v) is 19.0. The lowest BCUT2D eigenvalue weighted by molar-refractivity contribution is 0.0250. The Bertz CT molecular complexity index is 1140. The van der Waals surface area contributed by atoms with Crippen molar-refractivity contribution in [1.29, 1.82) is 0 Å². The Morgan fingerprint density at radius 1 is 1.25 bits per heavy atom. The van der Waals surface area contributed by atoms with Crippen molar-refractivity contribution in [2.24, 2.45) is 10.9 Å². The predicted molar refractivity (Wildman–Crippen MR) is 124 cm³/mol. The summed E-state index contributed by atoms with van der Waals surface area (Å²) in [6.07, 6.45) is 0. The van der Waals surface area contributed by atoms with E-state index in [9.17, 15) is 5.11 Å². The van der Waals surface area contributed by atoms with Crippen LogP contribution in [0.3, 0.4) is 0 Å². The fourth-order valence-electron chi connectivity index (χ4n) is 3.69. The molecule has 2 aromatic heterocycles. The lowest BCUT2D eigenvalue weighted by atomic mass is 10.0. The number of fused-ring (bicyclic) bond motifs is 1. The Hall–Kier alpha value is -3.17. The minimum absolute atomic E-state index is 0.0574. The Morgan fingerprint density at radius 3 is 2.69 bits per heavy atom. The molecule has 0 bridgehead atoms. The Kier molecular flexibility index (Phi) is 6.03. The second kappa shape index (κ2) is 8.76. The highest BCUT2D eigenvalue weighted by molar-refractivity contribution is 6.13. The molecule has 0 spiro atoms. The number of benzene rings is 1. The second-order valence-corrected chi connectivity index (χ2v) is 8.71. The van der Waals surface area contributed by atoms with Crippen molar-refractivity contribution in [3.05, 3.63) is 46.8 Å². The predicted octanol–water partition coefficient (Wildman–Crippen LogP) is 2.27. The number of nitrogens with one attached hydrogen (secondary N) is 1. The van der Waals surface area contributed by atoms with E-state index in [0.29, 0.717) is 43.5 Å². The number of nitrogens with zero attached hydrogens (tertiary/aromatic N) is 4. The molecule has 3 heterocycles. The van der Waals surface area contributed by atoms with Crippen LogP contribution in [0, 0.1) is 13.8 Å². The molecule has 0 atom stereocenters. The average Bonchev–Trinajstić information content (AvgIpc) is 3.06. The van der Waals surface area contributed by atoms with Gasteiger partial charge in [0, 0.05) is 41.3 Å². The number of aryl methyl sites for hydroxylation is 2. The number of aromatic nitrogens is 3. The highest BCUT2D eigenvalue weighted by atomic mass is 16.5. The molecular weight excluding hydrogens is 408 g/mol. The van der Waals surface area contributed by atoms with Crippen molar-refractivity contribution in [2.45, 2.75) is 33.3 Å². The van der Waals surface area contributed by atoms with Crippen molar-refractivity contribution >= 4 is 22.4 Å². The van der Waals surface area contributed by atoms with Gasteiger partial charge in [0.25, 0.3) is 0 Å². The Labute approximate surface area is 187 Å². The van der Waals surface area contributed by atoms with Gasteiger partial charge in [-0.2, -0.15) is 15.1 Å². The number of ether oxygens (including phenoxy) is 2. The molecule has 4 N–H and O–H groups in total. The van der Waals surface area contributed by atoms with E-state index >= 15 is 0 Å². The van der Waals surface area contributed by atoms with Gasteiger partial charge in [0.05, 0.1) is 18.8 Å². The summed E-state index contributed by atoms with van der Waals surface area (Å²) in [4.78, 5) is 14.6. The smallest absolute Gasteiger partial charge is 0.319 e. The molecule has 0 saturated carbocycles.